The molecule has 0 unspecified atom stereocenters. The highest BCUT2D eigenvalue weighted by molar-refractivity contribution is 7.80. The number of benzene rings is 2. The number of hydrogen-bond donors (Lipinski definition) is 2. The van der Waals surface area contributed by atoms with Gasteiger partial charge in [0, 0.05) is 17.7 Å². The highest BCUT2D eigenvalue weighted by atomic mass is 32.1. The van der Waals surface area contributed by atoms with Gasteiger partial charge in [-0.05, 0) is 42.0 Å². The van der Waals surface area contributed by atoms with Crippen LogP contribution in [0.3, 0.4) is 0 Å². The third kappa shape index (κ3) is 4.29. The van der Waals surface area contributed by atoms with Crippen molar-refractivity contribution in [3.05, 3.63) is 59.7 Å². The highest BCUT2D eigenvalue weighted by Gasteiger charge is 2.06. The summed E-state index contributed by atoms with van der Waals surface area (Å²) in [6.07, 6.45) is 0.558. The summed E-state index contributed by atoms with van der Waals surface area (Å²) in [7, 11) is 1.59. The fraction of sp³-hybridized carbons (Fsp3) is 0.125. The lowest BCUT2D eigenvalue weighted by molar-refractivity contribution is 0.102. The second-order valence-corrected chi connectivity index (χ2v) is 5.05. The Kier molecular flexibility index (Phi) is 4.90. The minimum absolute atomic E-state index is 0.167. The van der Waals surface area contributed by atoms with E-state index in [1.54, 1.807) is 31.4 Å². The van der Waals surface area contributed by atoms with E-state index in [1.807, 2.05) is 24.3 Å². The Labute approximate surface area is 128 Å². The molecule has 0 aromatic heterocycles. The molecule has 0 aliphatic rings. The SMILES string of the molecule is COc1ccc(C(=O)Nc2ccc(CC(N)=S)cc2)cc1. The molecule has 0 atom stereocenters. The molecule has 1 amide bonds. The monoisotopic (exact) mass is 300 g/mol. The van der Waals surface area contributed by atoms with Gasteiger partial charge in [0.25, 0.3) is 5.91 Å². The van der Waals surface area contributed by atoms with Crippen LogP contribution in [0.25, 0.3) is 0 Å². The summed E-state index contributed by atoms with van der Waals surface area (Å²) < 4.78 is 5.06. The molecule has 108 valence electrons. The summed E-state index contributed by atoms with van der Waals surface area (Å²) in [5.41, 5.74) is 7.81. The lowest BCUT2D eigenvalue weighted by Crippen LogP contribution is -2.12. The van der Waals surface area contributed by atoms with Crippen LogP contribution in [0, 0.1) is 0 Å². The van der Waals surface area contributed by atoms with Crippen molar-refractivity contribution in [3.63, 3.8) is 0 Å². The van der Waals surface area contributed by atoms with Crippen molar-refractivity contribution in [3.8, 4) is 5.75 Å². The second-order valence-electron chi connectivity index (χ2n) is 4.52. The van der Waals surface area contributed by atoms with Crippen molar-refractivity contribution in [2.75, 3.05) is 12.4 Å². The third-order valence-corrected chi connectivity index (χ3v) is 3.09. The molecular formula is C16H16N2O2S. The number of hydrogen-bond acceptors (Lipinski definition) is 3. The highest BCUT2D eigenvalue weighted by Crippen LogP contribution is 2.14. The normalized spacial score (nSPS) is 9.95. The molecule has 4 nitrogen and oxygen atoms in total. The number of anilines is 1. The van der Waals surface area contributed by atoms with Crippen molar-refractivity contribution in [1.82, 2.24) is 0 Å². The van der Waals surface area contributed by atoms with E-state index in [4.69, 9.17) is 22.7 Å². The quantitative estimate of drug-likeness (QED) is 0.833. The lowest BCUT2D eigenvalue weighted by Gasteiger charge is -2.07. The zero-order valence-corrected chi connectivity index (χ0v) is 12.4. The Bertz CT molecular complexity index is 636. The Balaban J connectivity index is 2.03. The van der Waals surface area contributed by atoms with Gasteiger partial charge in [0.15, 0.2) is 0 Å². The van der Waals surface area contributed by atoms with Gasteiger partial charge in [0.2, 0.25) is 0 Å². The first-order valence-electron chi connectivity index (χ1n) is 6.41. The van der Waals surface area contributed by atoms with E-state index in [9.17, 15) is 4.79 Å². The summed E-state index contributed by atoms with van der Waals surface area (Å²) in [5, 5.41) is 2.83. The summed E-state index contributed by atoms with van der Waals surface area (Å²) in [5.74, 6) is 0.549. The van der Waals surface area contributed by atoms with Crippen molar-refractivity contribution in [2.45, 2.75) is 6.42 Å². The fourth-order valence-electron chi connectivity index (χ4n) is 1.85. The molecule has 0 fully saturated rings. The van der Waals surface area contributed by atoms with Gasteiger partial charge in [-0.2, -0.15) is 0 Å². The van der Waals surface area contributed by atoms with Gasteiger partial charge in [0.05, 0.1) is 12.1 Å². The van der Waals surface area contributed by atoms with Gasteiger partial charge in [-0.25, -0.2) is 0 Å². The van der Waals surface area contributed by atoms with E-state index in [0.29, 0.717) is 22.7 Å². The average molecular weight is 300 g/mol. The second kappa shape index (κ2) is 6.85. The molecule has 3 N–H and O–H groups in total. The smallest absolute Gasteiger partial charge is 0.255 e. The first-order valence-corrected chi connectivity index (χ1v) is 6.82. The van der Waals surface area contributed by atoms with Crippen molar-refractivity contribution >= 4 is 28.8 Å². The van der Waals surface area contributed by atoms with E-state index >= 15 is 0 Å². The zero-order valence-electron chi connectivity index (χ0n) is 11.6. The first-order chi connectivity index (χ1) is 10.1. The maximum absolute atomic E-state index is 12.1. The van der Waals surface area contributed by atoms with Crippen LogP contribution < -0.4 is 15.8 Å². The Morgan fingerprint density at radius 2 is 1.76 bits per heavy atom. The molecule has 0 aliphatic carbocycles. The predicted molar refractivity (Wildman–Crippen MR) is 87.9 cm³/mol. The summed E-state index contributed by atoms with van der Waals surface area (Å²) in [6, 6.07) is 14.4. The van der Waals surface area contributed by atoms with Gasteiger partial charge in [-0.3, -0.25) is 4.79 Å². The average Bonchev–Trinajstić information content (AvgIpc) is 2.49. The molecule has 0 aliphatic heterocycles. The maximum atomic E-state index is 12.1. The predicted octanol–water partition coefficient (Wildman–Crippen LogP) is 2.78. The molecule has 2 aromatic carbocycles. The molecule has 0 heterocycles. The van der Waals surface area contributed by atoms with Gasteiger partial charge in [0.1, 0.15) is 5.75 Å². The maximum Gasteiger partial charge on any atom is 0.255 e. The van der Waals surface area contributed by atoms with E-state index in [-0.39, 0.29) is 5.91 Å². The van der Waals surface area contributed by atoms with E-state index < -0.39 is 0 Å². The van der Waals surface area contributed by atoms with Crippen LogP contribution in [-0.2, 0) is 6.42 Å². The largest absolute Gasteiger partial charge is 0.497 e. The molecule has 0 bridgehead atoms. The van der Waals surface area contributed by atoms with Gasteiger partial charge < -0.3 is 15.8 Å². The lowest BCUT2D eigenvalue weighted by atomic mass is 10.1. The van der Waals surface area contributed by atoms with Crippen LogP contribution in [0.1, 0.15) is 15.9 Å². The van der Waals surface area contributed by atoms with Crippen LogP contribution in [0.4, 0.5) is 5.69 Å². The molecular weight excluding hydrogens is 284 g/mol. The minimum Gasteiger partial charge on any atom is -0.497 e. The molecule has 0 saturated heterocycles. The number of nitrogens with one attached hydrogen (secondary N) is 1. The molecule has 0 spiro atoms. The number of carbonyl (C=O) groups is 1. The van der Waals surface area contributed by atoms with Crippen LogP contribution >= 0.6 is 12.2 Å². The minimum atomic E-state index is -0.167. The molecule has 0 radical (unpaired) electrons. The molecule has 21 heavy (non-hydrogen) atoms. The Morgan fingerprint density at radius 1 is 1.14 bits per heavy atom. The number of thiocarbonyl (C=S) groups is 1. The van der Waals surface area contributed by atoms with Crippen molar-refractivity contribution in [1.29, 1.82) is 0 Å². The van der Waals surface area contributed by atoms with Crippen LogP contribution in [0.15, 0.2) is 48.5 Å². The topological polar surface area (TPSA) is 64.3 Å². The van der Waals surface area contributed by atoms with Crippen LogP contribution in [-0.4, -0.2) is 18.0 Å². The molecule has 2 rings (SSSR count). The van der Waals surface area contributed by atoms with Crippen molar-refractivity contribution in [2.24, 2.45) is 5.73 Å². The number of amides is 1. The van der Waals surface area contributed by atoms with Gasteiger partial charge in [-0.1, -0.05) is 24.4 Å². The molecule has 2 aromatic rings. The van der Waals surface area contributed by atoms with Crippen LogP contribution in [0.2, 0.25) is 0 Å². The number of nitrogens with two attached hydrogens (primary N) is 1. The summed E-state index contributed by atoms with van der Waals surface area (Å²) >= 11 is 4.86. The third-order valence-electron chi connectivity index (χ3n) is 2.94. The number of rotatable bonds is 5. The zero-order chi connectivity index (χ0) is 15.2. The van der Waals surface area contributed by atoms with E-state index in [1.165, 1.54) is 0 Å². The van der Waals surface area contributed by atoms with Crippen LogP contribution in [0.5, 0.6) is 5.75 Å². The fourth-order valence-corrected chi connectivity index (χ4v) is 2.02. The first kappa shape index (κ1) is 15.0. The van der Waals surface area contributed by atoms with Gasteiger partial charge >= 0.3 is 0 Å². The van der Waals surface area contributed by atoms with Crippen molar-refractivity contribution < 1.29 is 9.53 Å². The summed E-state index contributed by atoms with van der Waals surface area (Å²) in [4.78, 5) is 12.5. The molecule has 0 saturated carbocycles. The number of carbonyl (C=O) groups excluding carboxylic acids is 1. The standard InChI is InChI=1S/C16H16N2O2S/c1-20-14-8-4-12(5-9-14)16(19)18-13-6-2-11(3-7-13)10-15(17)21/h2-9H,10H2,1H3,(H2,17,21)(H,18,19). The van der Waals surface area contributed by atoms with E-state index in [0.717, 1.165) is 11.3 Å². The number of methoxy groups -OCH3 is 1. The number of ether oxygens (including phenoxy) is 1. The van der Waals surface area contributed by atoms with E-state index in [2.05, 4.69) is 5.32 Å². The van der Waals surface area contributed by atoms with Gasteiger partial charge in [-0.15, -0.1) is 0 Å². The Hall–Kier alpha value is -2.40. The molecule has 5 heteroatoms. The Morgan fingerprint density at radius 3 is 2.29 bits per heavy atom. The summed E-state index contributed by atoms with van der Waals surface area (Å²) in [6.45, 7) is 0.